The van der Waals surface area contributed by atoms with Crippen LogP contribution in [0.5, 0.6) is 0 Å². The molecule has 1 aliphatic heterocycles. The third-order valence-corrected chi connectivity index (χ3v) is 5.70. The number of quaternary nitrogens is 1. The van der Waals surface area contributed by atoms with E-state index in [2.05, 4.69) is 34.1 Å². The topological polar surface area (TPSA) is 89.6 Å². The molecule has 0 atom stereocenters. The molecular formula is C21H29N6O3+. The van der Waals surface area contributed by atoms with Gasteiger partial charge in [-0.3, -0.25) is 14.3 Å². The van der Waals surface area contributed by atoms with Gasteiger partial charge >= 0.3 is 5.69 Å². The number of hydrogen-bond acceptors (Lipinski definition) is 5. The van der Waals surface area contributed by atoms with Gasteiger partial charge in [0, 0.05) is 25.8 Å². The highest BCUT2D eigenvalue weighted by atomic mass is 16.5. The summed E-state index contributed by atoms with van der Waals surface area (Å²) in [6.45, 7) is 8.20. The van der Waals surface area contributed by atoms with Crippen LogP contribution in [0.2, 0.25) is 0 Å². The summed E-state index contributed by atoms with van der Waals surface area (Å²) in [4.78, 5) is 35.5. The van der Waals surface area contributed by atoms with Gasteiger partial charge in [-0.25, -0.2) is 4.79 Å². The first-order valence-corrected chi connectivity index (χ1v) is 10.5. The van der Waals surface area contributed by atoms with Crippen LogP contribution in [0.25, 0.3) is 11.2 Å². The van der Waals surface area contributed by atoms with Crippen molar-refractivity contribution in [2.24, 2.45) is 7.05 Å². The second kappa shape index (κ2) is 8.85. The Morgan fingerprint density at radius 2 is 1.90 bits per heavy atom. The minimum absolute atomic E-state index is 0.406. The quantitative estimate of drug-likeness (QED) is 0.503. The molecule has 0 radical (unpaired) electrons. The van der Waals surface area contributed by atoms with Gasteiger partial charge in [0.1, 0.15) is 6.54 Å². The van der Waals surface area contributed by atoms with Gasteiger partial charge in [0.2, 0.25) is 5.95 Å². The standard InChI is InChI=1S/C21H28N6O3/c1-3-30-14-13-27-17-18(24(2)21(29)23-19(17)28)22-20(27)26-11-9-25(10-12-26)15-16-7-5-4-6-8-16/h4-8H,3,9-15H2,1-2H3,(H,23,28,29)/p+1. The zero-order chi connectivity index (χ0) is 21.1. The van der Waals surface area contributed by atoms with Crippen molar-refractivity contribution in [3.63, 3.8) is 0 Å². The highest BCUT2D eigenvalue weighted by Crippen LogP contribution is 2.19. The summed E-state index contributed by atoms with van der Waals surface area (Å²) in [5, 5.41) is 0. The van der Waals surface area contributed by atoms with E-state index in [1.165, 1.54) is 15.0 Å². The maximum absolute atomic E-state index is 12.6. The van der Waals surface area contributed by atoms with Crippen molar-refractivity contribution in [2.75, 3.05) is 44.3 Å². The van der Waals surface area contributed by atoms with Gasteiger partial charge in [-0.1, -0.05) is 30.3 Å². The molecule has 1 aromatic carbocycles. The van der Waals surface area contributed by atoms with E-state index in [0.29, 0.717) is 30.9 Å². The molecule has 3 aromatic rings. The van der Waals surface area contributed by atoms with Gasteiger partial charge in [0.15, 0.2) is 11.2 Å². The molecular weight excluding hydrogens is 384 g/mol. The predicted molar refractivity (Wildman–Crippen MR) is 115 cm³/mol. The van der Waals surface area contributed by atoms with Crippen molar-refractivity contribution < 1.29 is 9.64 Å². The molecule has 9 heteroatoms. The smallest absolute Gasteiger partial charge is 0.329 e. The number of nitrogens with zero attached hydrogens (tertiary/aromatic N) is 4. The monoisotopic (exact) mass is 413 g/mol. The predicted octanol–water partition coefficient (Wildman–Crippen LogP) is -0.635. The molecule has 0 bridgehead atoms. The first-order chi connectivity index (χ1) is 14.6. The van der Waals surface area contributed by atoms with E-state index in [1.807, 2.05) is 17.6 Å². The Labute approximate surface area is 174 Å². The molecule has 0 amide bonds. The average Bonchev–Trinajstić information content (AvgIpc) is 3.14. The Morgan fingerprint density at radius 3 is 2.60 bits per heavy atom. The molecule has 9 nitrogen and oxygen atoms in total. The average molecular weight is 414 g/mol. The van der Waals surface area contributed by atoms with Gasteiger partial charge in [-0.2, -0.15) is 4.98 Å². The number of aryl methyl sites for hydroxylation is 1. The van der Waals surface area contributed by atoms with Crippen LogP contribution in [0.3, 0.4) is 0 Å². The van der Waals surface area contributed by atoms with E-state index in [1.54, 1.807) is 7.05 Å². The number of piperazine rings is 1. The van der Waals surface area contributed by atoms with Crippen molar-refractivity contribution in [3.8, 4) is 0 Å². The summed E-state index contributed by atoms with van der Waals surface area (Å²) in [6, 6.07) is 10.5. The van der Waals surface area contributed by atoms with Crippen molar-refractivity contribution in [1.82, 2.24) is 19.1 Å². The summed E-state index contributed by atoms with van der Waals surface area (Å²) in [5.41, 5.74) is 1.31. The molecule has 1 fully saturated rings. The van der Waals surface area contributed by atoms with Crippen molar-refractivity contribution in [1.29, 1.82) is 0 Å². The summed E-state index contributed by atoms with van der Waals surface area (Å²) in [5.74, 6) is 0.732. The fourth-order valence-electron chi connectivity index (χ4n) is 4.06. The molecule has 0 saturated carbocycles. The summed E-state index contributed by atoms with van der Waals surface area (Å²) in [7, 11) is 1.63. The third kappa shape index (κ3) is 4.03. The third-order valence-electron chi connectivity index (χ3n) is 5.70. The molecule has 160 valence electrons. The normalized spacial score (nSPS) is 15.2. The van der Waals surface area contributed by atoms with E-state index < -0.39 is 11.2 Å². The number of ether oxygens (including phenoxy) is 1. The van der Waals surface area contributed by atoms with Gasteiger partial charge in [-0.15, -0.1) is 0 Å². The van der Waals surface area contributed by atoms with Crippen LogP contribution in [0.4, 0.5) is 5.95 Å². The highest BCUT2D eigenvalue weighted by Gasteiger charge is 2.26. The number of anilines is 1. The fraction of sp³-hybridized carbons (Fsp3) is 0.476. The van der Waals surface area contributed by atoms with E-state index >= 15 is 0 Å². The van der Waals surface area contributed by atoms with Crippen LogP contribution < -0.4 is 21.0 Å². The maximum Gasteiger partial charge on any atom is 0.329 e. The summed E-state index contributed by atoms with van der Waals surface area (Å²) in [6.07, 6.45) is 0. The van der Waals surface area contributed by atoms with Gasteiger partial charge in [0.25, 0.3) is 5.56 Å². The Morgan fingerprint density at radius 1 is 1.17 bits per heavy atom. The lowest BCUT2D eigenvalue weighted by Gasteiger charge is -2.33. The number of nitrogens with one attached hydrogen (secondary N) is 2. The van der Waals surface area contributed by atoms with Crippen molar-refractivity contribution in [2.45, 2.75) is 20.0 Å². The summed E-state index contributed by atoms with van der Waals surface area (Å²) < 4.78 is 8.81. The van der Waals surface area contributed by atoms with Crippen LogP contribution >= 0.6 is 0 Å². The van der Waals surface area contributed by atoms with Crippen LogP contribution in [0, 0.1) is 0 Å². The first kappa shape index (κ1) is 20.4. The largest absolute Gasteiger partial charge is 0.380 e. The van der Waals surface area contributed by atoms with E-state index in [-0.39, 0.29) is 0 Å². The summed E-state index contributed by atoms with van der Waals surface area (Å²) >= 11 is 0. The molecule has 4 rings (SSSR count). The van der Waals surface area contributed by atoms with Gasteiger partial charge in [-0.05, 0) is 6.92 Å². The SMILES string of the molecule is CCOCCn1c(N2CC[NH+](Cc3ccccc3)CC2)nc2c1c(=O)[nH]c(=O)n2C. The fourth-order valence-corrected chi connectivity index (χ4v) is 4.06. The second-order valence-electron chi connectivity index (χ2n) is 7.65. The number of fused-ring (bicyclic) bond motifs is 1. The number of aromatic nitrogens is 4. The van der Waals surface area contributed by atoms with Gasteiger partial charge < -0.3 is 19.1 Å². The molecule has 0 spiro atoms. The van der Waals surface area contributed by atoms with E-state index in [4.69, 9.17) is 9.72 Å². The highest BCUT2D eigenvalue weighted by molar-refractivity contribution is 5.74. The molecule has 1 aliphatic rings. The van der Waals surface area contributed by atoms with Crippen molar-refractivity contribution in [3.05, 3.63) is 56.7 Å². The Kier molecular flexibility index (Phi) is 6.01. The lowest BCUT2D eigenvalue weighted by atomic mass is 10.2. The minimum Gasteiger partial charge on any atom is -0.380 e. The zero-order valence-corrected chi connectivity index (χ0v) is 17.6. The Hall–Kier alpha value is -2.91. The second-order valence-corrected chi connectivity index (χ2v) is 7.65. The van der Waals surface area contributed by atoms with Crippen LogP contribution in [-0.2, 0) is 24.9 Å². The van der Waals surface area contributed by atoms with Crippen molar-refractivity contribution >= 4 is 17.1 Å². The minimum atomic E-state index is -0.453. The Balaban J connectivity index is 1.59. The first-order valence-electron chi connectivity index (χ1n) is 10.5. The number of hydrogen-bond donors (Lipinski definition) is 2. The number of H-pyrrole nitrogens is 1. The molecule has 3 heterocycles. The number of aromatic amines is 1. The lowest BCUT2D eigenvalue weighted by molar-refractivity contribution is -0.914. The number of benzene rings is 1. The van der Waals surface area contributed by atoms with E-state index in [0.717, 1.165) is 38.7 Å². The molecule has 2 aromatic heterocycles. The van der Waals surface area contributed by atoms with Gasteiger partial charge in [0.05, 0.1) is 32.8 Å². The molecule has 1 saturated heterocycles. The zero-order valence-electron chi connectivity index (χ0n) is 17.6. The molecule has 0 aliphatic carbocycles. The van der Waals surface area contributed by atoms with Crippen LogP contribution in [0.1, 0.15) is 12.5 Å². The molecule has 0 unspecified atom stereocenters. The van der Waals surface area contributed by atoms with E-state index in [9.17, 15) is 9.59 Å². The van der Waals surface area contributed by atoms with Crippen LogP contribution in [0.15, 0.2) is 39.9 Å². The number of imidazole rings is 1. The molecule has 30 heavy (non-hydrogen) atoms. The number of rotatable bonds is 7. The lowest BCUT2D eigenvalue weighted by Crippen LogP contribution is -3.13. The maximum atomic E-state index is 12.6. The molecule has 2 N–H and O–H groups in total. The van der Waals surface area contributed by atoms with Crippen LogP contribution in [-0.4, -0.2) is 58.5 Å². The Bertz CT molecular complexity index is 1110.